The molecular formula is C24H30FN3O3S. The van der Waals surface area contributed by atoms with Crippen LogP contribution in [0.25, 0.3) is 0 Å². The highest BCUT2D eigenvalue weighted by Crippen LogP contribution is 2.38. The number of nitrogens with zero attached hydrogens (tertiary/aromatic N) is 2. The monoisotopic (exact) mass is 459 g/mol. The molecule has 0 atom stereocenters. The fourth-order valence-corrected chi connectivity index (χ4v) is 5.66. The Labute approximate surface area is 192 Å². The first-order valence-electron chi connectivity index (χ1n) is 11.3. The minimum atomic E-state index is -0.354. The van der Waals surface area contributed by atoms with Gasteiger partial charge in [0.1, 0.15) is 10.8 Å². The number of fused-ring (bicyclic) bond motifs is 1. The first kappa shape index (κ1) is 22.7. The molecule has 0 saturated carbocycles. The number of carbonyl (C=O) groups is 2. The summed E-state index contributed by atoms with van der Waals surface area (Å²) in [5, 5.41) is 3.59. The second-order valence-electron chi connectivity index (χ2n) is 8.63. The van der Waals surface area contributed by atoms with Gasteiger partial charge in [-0.15, -0.1) is 11.3 Å². The maximum Gasteiger partial charge on any atom is 0.341 e. The van der Waals surface area contributed by atoms with Crippen molar-refractivity contribution < 1.29 is 18.7 Å². The molecule has 1 saturated heterocycles. The Morgan fingerprint density at radius 3 is 2.56 bits per heavy atom. The van der Waals surface area contributed by atoms with Gasteiger partial charge in [0.15, 0.2) is 0 Å². The number of hydrogen-bond donors (Lipinski definition) is 1. The number of piperazine rings is 1. The summed E-state index contributed by atoms with van der Waals surface area (Å²) >= 11 is 1.51. The molecule has 172 valence electrons. The lowest BCUT2D eigenvalue weighted by molar-refractivity contribution is -0.117. The van der Waals surface area contributed by atoms with Crippen molar-refractivity contribution in [3.63, 3.8) is 0 Å². The summed E-state index contributed by atoms with van der Waals surface area (Å²) in [6, 6.07) is 6.78. The molecule has 0 spiro atoms. The van der Waals surface area contributed by atoms with E-state index in [9.17, 15) is 14.0 Å². The molecule has 1 fully saturated rings. The molecule has 1 aromatic heterocycles. The number of amides is 1. The zero-order valence-corrected chi connectivity index (χ0v) is 19.5. The third-order valence-electron chi connectivity index (χ3n) is 5.90. The maximum absolute atomic E-state index is 14.0. The molecule has 4 rings (SSSR count). The molecule has 2 aliphatic rings. The van der Waals surface area contributed by atoms with Crippen molar-refractivity contribution in [2.75, 3.05) is 42.9 Å². The Kier molecular flexibility index (Phi) is 7.10. The molecule has 1 aromatic carbocycles. The summed E-state index contributed by atoms with van der Waals surface area (Å²) in [7, 11) is 0. The fourth-order valence-electron chi connectivity index (χ4n) is 4.37. The van der Waals surface area contributed by atoms with Crippen LogP contribution in [0, 0.1) is 5.82 Å². The molecule has 1 aliphatic heterocycles. The Morgan fingerprint density at radius 2 is 1.84 bits per heavy atom. The van der Waals surface area contributed by atoms with Gasteiger partial charge < -0.3 is 15.0 Å². The van der Waals surface area contributed by atoms with E-state index in [0.717, 1.165) is 31.2 Å². The second kappa shape index (κ2) is 10.0. The zero-order chi connectivity index (χ0) is 22.7. The van der Waals surface area contributed by atoms with E-state index < -0.39 is 0 Å². The molecule has 0 radical (unpaired) electrons. The van der Waals surface area contributed by atoms with Gasteiger partial charge in [-0.1, -0.05) is 12.1 Å². The van der Waals surface area contributed by atoms with Crippen LogP contribution in [0.15, 0.2) is 24.3 Å². The highest BCUT2D eigenvalue weighted by molar-refractivity contribution is 7.17. The van der Waals surface area contributed by atoms with Crippen molar-refractivity contribution in [3.8, 4) is 0 Å². The Balaban J connectivity index is 1.39. The smallest absolute Gasteiger partial charge is 0.341 e. The van der Waals surface area contributed by atoms with E-state index in [0.29, 0.717) is 42.4 Å². The summed E-state index contributed by atoms with van der Waals surface area (Å²) < 4.78 is 19.5. The van der Waals surface area contributed by atoms with Gasteiger partial charge in [0.25, 0.3) is 0 Å². The average molecular weight is 460 g/mol. The van der Waals surface area contributed by atoms with E-state index >= 15 is 0 Å². The first-order valence-corrected chi connectivity index (χ1v) is 12.1. The van der Waals surface area contributed by atoms with Crippen LogP contribution in [0.2, 0.25) is 0 Å². The Hall–Kier alpha value is -2.45. The molecule has 32 heavy (non-hydrogen) atoms. The molecule has 1 N–H and O–H groups in total. The highest BCUT2D eigenvalue weighted by Gasteiger charge is 2.28. The van der Waals surface area contributed by atoms with Gasteiger partial charge in [-0.05, 0) is 57.2 Å². The normalized spacial score (nSPS) is 16.7. The van der Waals surface area contributed by atoms with Crippen molar-refractivity contribution in [1.29, 1.82) is 0 Å². The minimum absolute atomic E-state index is 0.137. The molecule has 0 unspecified atom stereocenters. The number of aryl methyl sites for hydroxylation is 1. The summed E-state index contributed by atoms with van der Waals surface area (Å²) in [4.78, 5) is 30.8. The molecule has 8 heteroatoms. The molecular weight excluding hydrogens is 429 g/mol. The summed E-state index contributed by atoms with van der Waals surface area (Å²) in [6.07, 6.45) is 3.73. The van der Waals surface area contributed by atoms with Crippen LogP contribution < -0.4 is 10.2 Å². The van der Waals surface area contributed by atoms with Gasteiger partial charge >= 0.3 is 5.97 Å². The minimum Gasteiger partial charge on any atom is -0.459 e. The van der Waals surface area contributed by atoms with E-state index in [2.05, 4.69) is 10.2 Å². The average Bonchev–Trinajstić information content (AvgIpc) is 3.12. The van der Waals surface area contributed by atoms with Crippen molar-refractivity contribution in [2.45, 2.75) is 45.6 Å². The predicted octanol–water partition coefficient (Wildman–Crippen LogP) is 4.09. The standard InChI is InChI=1S/C24H30FN3O3S/c1-16(2)31-24(30)22-17-7-3-6-10-20(17)32-23(22)26-21(29)15-27-11-13-28(14-12-27)19-9-5-4-8-18(19)25/h4-5,8-9,16H,3,6-7,10-15H2,1-2H3,(H,26,29). The largest absolute Gasteiger partial charge is 0.459 e. The number of hydrogen-bond acceptors (Lipinski definition) is 6. The molecule has 0 bridgehead atoms. The number of anilines is 2. The number of halogens is 1. The number of carbonyl (C=O) groups excluding carboxylic acids is 2. The van der Waals surface area contributed by atoms with Crippen LogP contribution in [-0.2, 0) is 22.4 Å². The molecule has 2 aromatic rings. The van der Waals surface area contributed by atoms with E-state index in [1.165, 1.54) is 22.3 Å². The van der Waals surface area contributed by atoms with Crippen LogP contribution in [0.5, 0.6) is 0 Å². The number of nitrogens with one attached hydrogen (secondary N) is 1. The fraction of sp³-hybridized carbons (Fsp3) is 0.500. The SMILES string of the molecule is CC(C)OC(=O)c1c(NC(=O)CN2CCN(c3ccccc3F)CC2)sc2c1CCCC2. The van der Waals surface area contributed by atoms with Gasteiger partial charge in [-0.25, -0.2) is 9.18 Å². The number of para-hydroxylation sites is 1. The number of rotatable bonds is 6. The van der Waals surface area contributed by atoms with E-state index in [1.54, 1.807) is 12.1 Å². The van der Waals surface area contributed by atoms with Gasteiger partial charge in [0, 0.05) is 31.1 Å². The summed E-state index contributed by atoms with van der Waals surface area (Å²) in [6.45, 7) is 6.56. The number of esters is 1. The zero-order valence-electron chi connectivity index (χ0n) is 18.7. The van der Waals surface area contributed by atoms with Crippen LogP contribution in [0.3, 0.4) is 0 Å². The molecule has 1 aliphatic carbocycles. The number of ether oxygens (including phenoxy) is 1. The van der Waals surface area contributed by atoms with Crippen molar-refractivity contribution in [2.24, 2.45) is 0 Å². The van der Waals surface area contributed by atoms with Crippen LogP contribution >= 0.6 is 11.3 Å². The van der Waals surface area contributed by atoms with Crippen LogP contribution in [-0.4, -0.2) is 55.6 Å². The van der Waals surface area contributed by atoms with Crippen LogP contribution in [0.4, 0.5) is 15.1 Å². The summed E-state index contributed by atoms with van der Waals surface area (Å²) in [5.41, 5.74) is 2.19. The van der Waals surface area contributed by atoms with Crippen molar-refractivity contribution >= 4 is 33.9 Å². The first-order chi connectivity index (χ1) is 15.4. The highest BCUT2D eigenvalue weighted by atomic mass is 32.1. The van der Waals surface area contributed by atoms with Crippen molar-refractivity contribution in [3.05, 3.63) is 46.1 Å². The third kappa shape index (κ3) is 5.13. The lowest BCUT2D eigenvalue weighted by atomic mass is 9.95. The predicted molar refractivity (Wildman–Crippen MR) is 125 cm³/mol. The number of thiophene rings is 1. The topological polar surface area (TPSA) is 61.9 Å². The maximum atomic E-state index is 14.0. The van der Waals surface area contributed by atoms with Gasteiger partial charge in [0.05, 0.1) is 23.9 Å². The van der Waals surface area contributed by atoms with E-state index in [4.69, 9.17) is 4.74 Å². The quantitative estimate of drug-likeness (QED) is 0.660. The summed E-state index contributed by atoms with van der Waals surface area (Å²) in [5.74, 6) is -0.712. The molecule has 2 heterocycles. The third-order valence-corrected chi connectivity index (χ3v) is 7.11. The Morgan fingerprint density at radius 1 is 1.12 bits per heavy atom. The number of benzene rings is 1. The van der Waals surface area contributed by atoms with Gasteiger partial charge in [0.2, 0.25) is 5.91 Å². The molecule has 6 nitrogen and oxygen atoms in total. The lowest BCUT2D eigenvalue weighted by Crippen LogP contribution is -2.48. The van der Waals surface area contributed by atoms with Gasteiger partial charge in [-0.3, -0.25) is 9.69 Å². The van der Waals surface area contributed by atoms with Crippen LogP contribution in [0.1, 0.15) is 47.5 Å². The van der Waals surface area contributed by atoms with E-state index in [-0.39, 0.29) is 30.3 Å². The molecule has 1 amide bonds. The second-order valence-corrected chi connectivity index (χ2v) is 9.74. The van der Waals surface area contributed by atoms with Crippen molar-refractivity contribution in [1.82, 2.24) is 4.90 Å². The van der Waals surface area contributed by atoms with Gasteiger partial charge in [-0.2, -0.15) is 0 Å². The Bertz CT molecular complexity index is 983. The lowest BCUT2D eigenvalue weighted by Gasteiger charge is -2.35. The van der Waals surface area contributed by atoms with E-state index in [1.807, 2.05) is 24.8 Å².